The van der Waals surface area contributed by atoms with Crippen molar-refractivity contribution in [1.29, 1.82) is 0 Å². The smallest absolute Gasteiger partial charge is 0.0505 e. The molecule has 0 fully saturated rings. The van der Waals surface area contributed by atoms with Gasteiger partial charge in [-0.1, -0.05) is 51.4 Å². The highest BCUT2D eigenvalue weighted by atomic mass is 35.5. The van der Waals surface area contributed by atoms with E-state index in [0.717, 1.165) is 31.0 Å². The molecule has 0 radical (unpaired) electrons. The molecule has 2 nitrogen and oxygen atoms in total. The standard InChI is InChI=1S/C17H29ClN2/c1-6-17(7-2,20(8-3)9-4)16(19-5)14-11-10-12-15(18)13-14/h10-13,16,19H,6-9H2,1-5H3. The molecule has 1 unspecified atom stereocenters. The molecule has 0 saturated carbocycles. The largest absolute Gasteiger partial charge is 0.311 e. The summed E-state index contributed by atoms with van der Waals surface area (Å²) in [7, 11) is 2.05. The fourth-order valence-corrected chi connectivity index (χ4v) is 3.77. The van der Waals surface area contributed by atoms with Crippen LogP contribution in [-0.4, -0.2) is 30.6 Å². The first-order valence-electron chi connectivity index (χ1n) is 7.77. The van der Waals surface area contributed by atoms with Crippen LogP contribution >= 0.6 is 11.6 Å². The summed E-state index contributed by atoms with van der Waals surface area (Å²) in [4.78, 5) is 2.58. The van der Waals surface area contributed by atoms with Crippen LogP contribution in [0.5, 0.6) is 0 Å². The van der Waals surface area contributed by atoms with Crippen molar-refractivity contribution in [2.24, 2.45) is 0 Å². The van der Waals surface area contributed by atoms with E-state index in [4.69, 9.17) is 11.6 Å². The van der Waals surface area contributed by atoms with E-state index in [0.29, 0.717) is 0 Å². The van der Waals surface area contributed by atoms with Crippen LogP contribution < -0.4 is 5.32 Å². The molecule has 1 aromatic rings. The molecule has 0 bridgehead atoms. The number of nitrogens with zero attached hydrogens (tertiary/aromatic N) is 1. The van der Waals surface area contributed by atoms with Crippen molar-refractivity contribution in [2.75, 3.05) is 20.1 Å². The van der Waals surface area contributed by atoms with Gasteiger partial charge in [0.05, 0.1) is 6.04 Å². The van der Waals surface area contributed by atoms with Gasteiger partial charge in [-0.05, 0) is 50.7 Å². The number of likely N-dealkylation sites (N-methyl/N-ethyl adjacent to an activating group) is 2. The number of hydrogen-bond donors (Lipinski definition) is 1. The zero-order valence-electron chi connectivity index (χ0n) is 13.5. The van der Waals surface area contributed by atoms with E-state index in [1.54, 1.807) is 0 Å². The van der Waals surface area contributed by atoms with Gasteiger partial charge < -0.3 is 5.32 Å². The maximum atomic E-state index is 6.19. The Bertz CT molecular complexity index is 398. The van der Waals surface area contributed by atoms with Crippen molar-refractivity contribution in [2.45, 2.75) is 52.1 Å². The topological polar surface area (TPSA) is 15.3 Å². The fraction of sp³-hybridized carbons (Fsp3) is 0.647. The van der Waals surface area contributed by atoms with Crippen molar-refractivity contribution in [3.8, 4) is 0 Å². The van der Waals surface area contributed by atoms with Gasteiger partial charge in [0.25, 0.3) is 0 Å². The molecule has 0 aliphatic carbocycles. The Morgan fingerprint density at radius 2 is 1.75 bits per heavy atom. The molecule has 114 valence electrons. The average Bonchev–Trinajstić information content (AvgIpc) is 2.47. The molecule has 1 aromatic carbocycles. The summed E-state index contributed by atoms with van der Waals surface area (Å²) in [6, 6.07) is 8.54. The summed E-state index contributed by atoms with van der Waals surface area (Å²) in [5.74, 6) is 0. The molecule has 1 N–H and O–H groups in total. The SMILES string of the molecule is CCN(CC)C(CC)(CC)C(NC)c1cccc(Cl)c1. The van der Waals surface area contributed by atoms with E-state index in [1.807, 2.05) is 12.1 Å². The Morgan fingerprint density at radius 3 is 2.15 bits per heavy atom. The van der Waals surface area contributed by atoms with E-state index in [2.05, 4.69) is 57.1 Å². The lowest BCUT2D eigenvalue weighted by Crippen LogP contribution is -2.55. The third kappa shape index (κ3) is 3.36. The molecule has 20 heavy (non-hydrogen) atoms. The normalized spacial score (nSPS) is 13.8. The maximum Gasteiger partial charge on any atom is 0.0505 e. The molecular weight excluding hydrogens is 268 g/mol. The van der Waals surface area contributed by atoms with Crippen molar-refractivity contribution < 1.29 is 0 Å². The van der Waals surface area contributed by atoms with Crippen LogP contribution in [0.1, 0.15) is 52.1 Å². The summed E-state index contributed by atoms with van der Waals surface area (Å²) in [6.45, 7) is 11.2. The third-order valence-electron chi connectivity index (χ3n) is 4.63. The Kier molecular flexibility index (Phi) is 7.01. The molecule has 0 amide bonds. The minimum Gasteiger partial charge on any atom is -0.311 e. The zero-order chi connectivity index (χ0) is 15.2. The van der Waals surface area contributed by atoms with E-state index in [-0.39, 0.29) is 11.6 Å². The van der Waals surface area contributed by atoms with Crippen molar-refractivity contribution in [1.82, 2.24) is 10.2 Å². The lowest BCUT2D eigenvalue weighted by Gasteiger charge is -2.48. The Labute approximate surface area is 129 Å². The van der Waals surface area contributed by atoms with Crippen LogP contribution in [0.2, 0.25) is 5.02 Å². The molecule has 1 atom stereocenters. The fourth-order valence-electron chi connectivity index (χ4n) is 3.57. The minimum absolute atomic E-state index is 0.128. The summed E-state index contributed by atoms with van der Waals surface area (Å²) in [5, 5.41) is 4.35. The van der Waals surface area contributed by atoms with Crippen LogP contribution in [-0.2, 0) is 0 Å². The quantitative estimate of drug-likeness (QED) is 0.760. The Morgan fingerprint density at radius 1 is 1.15 bits per heavy atom. The first-order valence-corrected chi connectivity index (χ1v) is 8.15. The number of halogens is 1. The molecule has 3 heteroatoms. The van der Waals surface area contributed by atoms with Gasteiger partial charge in [0.2, 0.25) is 0 Å². The summed E-state index contributed by atoms with van der Waals surface area (Å²) in [6.07, 6.45) is 2.23. The van der Waals surface area contributed by atoms with E-state index in [9.17, 15) is 0 Å². The van der Waals surface area contributed by atoms with Gasteiger partial charge in [-0.25, -0.2) is 0 Å². The van der Waals surface area contributed by atoms with Crippen molar-refractivity contribution >= 4 is 11.6 Å². The average molecular weight is 297 g/mol. The molecule has 0 aliphatic rings. The predicted molar refractivity (Wildman–Crippen MR) is 89.5 cm³/mol. The van der Waals surface area contributed by atoms with Crippen LogP contribution in [0.3, 0.4) is 0 Å². The lowest BCUT2D eigenvalue weighted by molar-refractivity contribution is 0.0515. The molecule has 0 spiro atoms. The second-order valence-corrected chi connectivity index (χ2v) is 5.70. The molecule has 1 rings (SSSR count). The molecule has 0 aromatic heterocycles. The van der Waals surface area contributed by atoms with Gasteiger partial charge in [0, 0.05) is 10.6 Å². The summed E-state index contributed by atoms with van der Waals surface area (Å²) in [5.41, 5.74) is 1.40. The Hall–Kier alpha value is -0.570. The highest BCUT2D eigenvalue weighted by Crippen LogP contribution is 2.37. The number of nitrogens with one attached hydrogen (secondary N) is 1. The van der Waals surface area contributed by atoms with Crippen molar-refractivity contribution in [3.63, 3.8) is 0 Å². The third-order valence-corrected chi connectivity index (χ3v) is 4.86. The lowest BCUT2D eigenvalue weighted by atomic mass is 9.79. The monoisotopic (exact) mass is 296 g/mol. The van der Waals surface area contributed by atoms with Gasteiger partial charge in [0.1, 0.15) is 0 Å². The van der Waals surface area contributed by atoms with Gasteiger partial charge in [-0.3, -0.25) is 4.90 Å². The van der Waals surface area contributed by atoms with E-state index < -0.39 is 0 Å². The minimum atomic E-state index is 0.128. The molecule has 0 saturated heterocycles. The Balaban J connectivity index is 3.28. The van der Waals surface area contributed by atoms with Crippen LogP contribution in [0, 0.1) is 0 Å². The van der Waals surface area contributed by atoms with Gasteiger partial charge in [-0.15, -0.1) is 0 Å². The molecule has 0 heterocycles. The molecule has 0 aliphatic heterocycles. The molecular formula is C17H29ClN2. The predicted octanol–water partition coefficient (Wildman–Crippen LogP) is 4.50. The second-order valence-electron chi connectivity index (χ2n) is 5.26. The zero-order valence-corrected chi connectivity index (χ0v) is 14.3. The number of hydrogen-bond acceptors (Lipinski definition) is 2. The van der Waals surface area contributed by atoms with Crippen LogP contribution in [0.15, 0.2) is 24.3 Å². The highest BCUT2D eigenvalue weighted by Gasteiger charge is 2.39. The highest BCUT2D eigenvalue weighted by molar-refractivity contribution is 6.30. The van der Waals surface area contributed by atoms with Gasteiger partial charge in [-0.2, -0.15) is 0 Å². The van der Waals surface area contributed by atoms with E-state index in [1.165, 1.54) is 5.56 Å². The first kappa shape index (κ1) is 17.5. The van der Waals surface area contributed by atoms with Gasteiger partial charge in [0.15, 0.2) is 0 Å². The van der Waals surface area contributed by atoms with E-state index >= 15 is 0 Å². The van der Waals surface area contributed by atoms with Crippen molar-refractivity contribution in [3.05, 3.63) is 34.9 Å². The van der Waals surface area contributed by atoms with Crippen LogP contribution in [0.4, 0.5) is 0 Å². The number of benzene rings is 1. The van der Waals surface area contributed by atoms with Gasteiger partial charge >= 0.3 is 0 Å². The summed E-state index contributed by atoms with van der Waals surface area (Å²) >= 11 is 6.19. The van der Waals surface area contributed by atoms with Crippen LogP contribution in [0.25, 0.3) is 0 Å². The number of rotatable bonds is 8. The summed E-state index contributed by atoms with van der Waals surface area (Å²) < 4.78 is 0. The second kappa shape index (κ2) is 8.02. The first-order chi connectivity index (χ1) is 9.59. The maximum absolute atomic E-state index is 6.19.